The van der Waals surface area contributed by atoms with Crippen LogP contribution in [-0.4, -0.2) is 36.6 Å². The summed E-state index contributed by atoms with van der Waals surface area (Å²) in [4.78, 5) is 18.3. The van der Waals surface area contributed by atoms with Crippen LogP contribution in [0.2, 0.25) is 0 Å². The van der Waals surface area contributed by atoms with Gasteiger partial charge in [-0.15, -0.1) is 0 Å². The maximum Gasteiger partial charge on any atom is 0.227 e. The minimum Gasteiger partial charge on any atom is -0.463 e. The van der Waals surface area contributed by atoms with Gasteiger partial charge in [0.2, 0.25) is 5.91 Å². The predicted octanol–water partition coefficient (Wildman–Crippen LogP) is 2.68. The van der Waals surface area contributed by atoms with E-state index >= 15 is 0 Å². The van der Waals surface area contributed by atoms with E-state index in [0.29, 0.717) is 31.2 Å². The van der Waals surface area contributed by atoms with Crippen molar-refractivity contribution in [3.05, 3.63) is 53.5 Å². The molecule has 0 aliphatic carbocycles. The average Bonchev–Trinajstić information content (AvgIpc) is 3.33. The lowest BCUT2D eigenvalue weighted by molar-refractivity contribution is -0.117. The zero-order chi connectivity index (χ0) is 20.9. The first-order valence-electron chi connectivity index (χ1n) is 10.1. The molecule has 0 radical (unpaired) electrons. The molecular formula is C22H30N4O3. The molecule has 0 bridgehead atoms. The van der Waals surface area contributed by atoms with Crippen molar-refractivity contribution in [3.63, 3.8) is 0 Å². The number of aryl methyl sites for hydroxylation is 1. The summed E-state index contributed by atoms with van der Waals surface area (Å²) >= 11 is 0. The number of rotatable bonds is 7. The summed E-state index contributed by atoms with van der Waals surface area (Å²) < 4.78 is 5.55. The number of hydrogen-bond donors (Lipinski definition) is 3. The summed E-state index contributed by atoms with van der Waals surface area (Å²) in [5, 5.41) is 17.1. The van der Waals surface area contributed by atoms with E-state index < -0.39 is 5.60 Å². The first-order chi connectivity index (χ1) is 13.9. The van der Waals surface area contributed by atoms with Crippen molar-refractivity contribution in [3.8, 4) is 0 Å². The van der Waals surface area contributed by atoms with Gasteiger partial charge >= 0.3 is 0 Å². The first-order valence-corrected chi connectivity index (χ1v) is 10.1. The van der Waals surface area contributed by atoms with Crippen molar-refractivity contribution in [2.24, 2.45) is 4.99 Å². The number of guanidine groups is 1. The lowest BCUT2D eigenvalue weighted by Crippen LogP contribution is -2.44. The van der Waals surface area contributed by atoms with Gasteiger partial charge in [-0.05, 0) is 57.0 Å². The van der Waals surface area contributed by atoms with Crippen LogP contribution in [0.3, 0.4) is 0 Å². The van der Waals surface area contributed by atoms with E-state index in [1.807, 2.05) is 49.1 Å². The highest BCUT2D eigenvalue weighted by molar-refractivity contribution is 5.95. The summed E-state index contributed by atoms with van der Waals surface area (Å²) in [5.74, 6) is 2.09. The quantitative estimate of drug-likeness (QED) is 0.493. The molecule has 0 saturated carbocycles. The molecule has 1 amide bonds. The van der Waals surface area contributed by atoms with Crippen molar-refractivity contribution in [2.45, 2.75) is 45.8 Å². The van der Waals surface area contributed by atoms with E-state index in [1.165, 1.54) is 0 Å². The van der Waals surface area contributed by atoms with Gasteiger partial charge < -0.3 is 25.1 Å². The fourth-order valence-electron chi connectivity index (χ4n) is 3.28. The van der Waals surface area contributed by atoms with Crippen LogP contribution in [0.25, 0.3) is 0 Å². The summed E-state index contributed by atoms with van der Waals surface area (Å²) in [6.07, 6.45) is 1.55. The minimum atomic E-state index is -1.14. The van der Waals surface area contributed by atoms with Crippen LogP contribution in [0.4, 0.5) is 5.69 Å². The van der Waals surface area contributed by atoms with Crippen molar-refractivity contribution < 1.29 is 14.3 Å². The van der Waals surface area contributed by atoms with Gasteiger partial charge in [0.25, 0.3) is 0 Å². The Morgan fingerprint density at radius 1 is 1.24 bits per heavy atom. The molecule has 7 heteroatoms. The highest BCUT2D eigenvalue weighted by Crippen LogP contribution is 2.23. The van der Waals surface area contributed by atoms with Crippen molar-refractivity contribution in [2.75, 3.05) is 24.5 Å². The molecule has 2 aromatic rings. The topological polar surface area (TPSA) is 90.1 Å². The minimum absolute atomic E-state index is 0.188. The zero-order valence-electron chi connectivity index (χ0n) is 17.4. The van der Waals surface area contributed by atoms with Crippen LogP contribution in [0.5, 0.6) is 0 Å². The third-order valence-electron chi connectivity index (χ3n) is 4.96. The number of aliphatic hydroxyl groups is 1. The van der Waals surface area contributed by atoms with Crippen LogP contribution < -0.4 is 15.5 Å². The second kappa shape index (κ2) is 9.13. The lowest BCUT2D eigenvalue weighted by Gasteiger charge is -2.23. The van der Waals surface area contributed by atoms with Crippen LogP contribution in [-0.2, 0) is 16.9 Å². The average molecular weight is 399 g/mol. The first kappa shape index (κ1) is 20.9. The third-order valence-corrected chi connectivity index (χ3v) is 4.96. The normalized spacial score (nSPS) is 16.8. The highest BCUT2D eigenvalue weighted by atomic mass is 16.4. The summed E-state index contributed by atoms with van der Waals surface area (Å²) in [5.41, 5.74) is 0.843. The molecule has 1 aromatic heterocycles. The molecular weight excluding hydrogens is 368 g/mol. The Labute approximate surface area is 171 Å². The van der Waals surface area contributed by atoms with Crippen molar-refractivity contribution in [1.82, 2.24) is 10.6 Å². The van der Waals surface area contributed by atoms with Crippen LogP contribution in [0.15, 0.2) is 45.8 Å². The number of carbonyl (C=O) groups is 1. The summed E-state index contributed by atoms with van der Waals surface area (Å²) in [6, 6.07) is 11.6. The number of furan rings is 1. The molecule has 1 atom stereocenters. The summed E-state index contributed by atoms with van der Waals surface area (Å²) in [6.45, 7) is 7.81. The van der Waals surface area contributed by atoms with E-state index in [-0.39, 0.29) is 12.5 Å². The Hall–Kier alpha value is -2.80. The van der Waals surface area contributed by atoms with E-state index in [4.69, 9.17) is 4.42 Å². The Kier molecular flexibility index (Phi) is 6.59. The molecule has 1 fully saturated rings. The summed E-state index contributed by atoms with van der Waals surface area (Å²) in [7, 11) is 0. The van der Waals surface area contributed by atoms with E-state index in [9.17, 15) is 9.90 Å². The number of hydrogen-bond acceptors (Lipinski definition) is 4. The molecule has 1 saturated heterocycles. The van der Waals surface area contributed by atoms with E-state index in [1.54, 1.807) is 13.0 Å². The number of aliphatic imine (C=N–C) groups is 1. The molecule has 0 spiro atoms. The van der Waals surface area contributed by atoms with Gasteiger partial charge in [0, 0.05) is 25.2 Å². The second-order valence-corrected chi connectivity index (χ2v) is 7.55. The number of benzene rings is 1. The second-order valence-electron chi connectivity index (χ2n) is 7.55. The van der Waals surface area contributed by atoms with Gasteiger partial charge in [0.05, 0.1) is 13.1 Å². The molecule has 2 heterocycles. The smallest absolute Gasteiger partial charge is 0.227 e. The predicted molar refractivity (Wildman–Crippen MR) is 114 cm³/mol. The van der Waals surface area contributed by atoms with Crippen LogP contribution >= 0.6 is 0 Å². The zero-order valence-corrected chi connectivity index (χ0v) is 17.4. The van der Waals surface area contributed by atoms with Gasteiger partial charge in [0.1, 0.15) is 17.1 Å². The van der Waals surface area contributed by atoms with Crippen molar-refractivity contribution >= 4 is 17.6 Å². The molecule has 1 aliphatic rings. The number of nitrogens with zero attached hydrogens (tertiary/aromatic N) is 2. The van der Waals surface area contributed by atoms with Crippen LogP contribution in [0.1, 0.15) is 43.8 Å². The fraction of sp³-hybridized carbons (Fsp3) is 0.455. The van der Waals surface area contributed by atoms with Gasteiger partial charge in [0.15, 0.2) is 5.96 Å². The molecule has 1 aliphatic heterocycles. The highest BCUT2D eigenvalue weighted by Gasteiger charge is 2.27. The maximum absolute atomic E-state index is 11.9. The van der Waals surface area contributed by atoms with Gasteiger partial charge in [-0.1, -0.05) is 12.1 Å². The standard InChI is InChI=1S/C22H30N4O3/c1-4-23-21(25-15-22(3,28)19-12-7-16(2)29-19)24-14-17-8-10-18(11-9-17)26-13-5-6-20(26)27/h7-12,28H,4-6,13-15H2,1-3H3,(H2,23,24,25). The fourth-order valence-corrected chi connectivity index (χ4v) is 3.28. The lowest BCUT2D eigenvalue weighted by atomic mass is 10.0. The molecule has 29 heavy (non-hydrogen) atoms. The number of amides is 1. The SMILES string of the molecule is CCNC(=NCc1ccc(N2CCCC2=O)cc1)NCC(C)(O)c1ccc(C)o1. The number of carbonyl (C=O) groups excluding carboxylic acids is 1. The molecule has 156 valence electrons. The number of nitrogens with one attached hydrogen (secondary N) is 2. The van der Waals surface area contributed by atoms with E-state index in [0.717, 1.165) is 30.0 Å². The van der Waals surface area contributed by atoms with Gasteiger partial charge in [-0.25, -0.2) is 4.99 Å². The van der Waals surface area contributed by atoms with Crippen LogP contribution in [0, 0.1) is 6.92 Å². The van der Waals surface area contributed by atoms with Crippen molar-refractivity contribution in [1.29, 1.82) is 0 Å². The Morgan fingerprint density at radius 2 is 2.00 bits per heavy atom. The molecule has 1 aromatic carbocycles. The van der Waals surface area contributed by atoms with E-state index in [2.05, 4.69) is 15.6 Å². The molecule has 7 nitrogen and oxygen atoms in total. The Balaban J connectivity index is 1.60. The Morgan fingerprint density at radius 3 is 2.59 bits per heavy atom. The third kappa shape index (κ3) is 5.38. The number of anilines is 1. The van der Waals surface area contributed by atoms with Gasteiger partial charge in [-0.2, -0.15) is 0 Å². The van der Waals surface area contributed by atoms with Gasteiger partial charge in [-0.3, -0.25) is 4.79 Å². The molecule has 3 rings (SSSR count). The monoisotopic (exact) mass is 398 g/mol. The maximum atomic E-state index is 11.9. The Bertz CT molecular complexity index is 855. The molecule has 3 N–H and O–H groups in total. The largest absolute Gasteiger partial charge is 0.463 e. The molecule has 1 unspecified atom stereocenters.